The molecule has 1 aromatic carbocycles. The lowest BCUT2D eigenvalue weighted by Crippen LogP contribution is -2.30. The molecule has 0 heterocycles. The Morgan fingerprint density at radius 3 is 2.74 bits per heavy atom. The second-order valence-electron chi connectivity index (χ2n) is 4.78. The zero-order chi connectivity index (χ0) is 13.7. The minimum Gasteiger partial charge on any atom is -0.399 e. The molecule has 0 saturated heterocycles. The van der Waals surface area contributed by atoms with E-state index in [1.54, 1.807) is 24.3 Å². The third-order valence-corrected chi connectivity index (χ3v) is 3.01. The standard InChI is InChI=1S/C15H19N3O/c1-11-2-4-12(5-3-11)10-17-15(19)18-14-8-6-13(16)7-9-14/h2,4-9,11H,3,10,16H2,1H3,(H2,17,18,19). The van der Waals surface area contributed by atoms with Crippen LogP contribution >= 0.6 is 0 Å². The van der Waals surface area contributed by atoms with E-state index in [0.29, 0.717) is 18.2 Å². The number of carbonyl (C=O) groups excluding carboxylic acids is 1. The third-order valence-electron chi connectivity index (χ3n) is 3.01. The smallest absolute Gasteiger partial charge is 0.319 e. The number of urea groups is 1. The van der Waals surface area contributed by atoms with Crippen molar-refractivity contribution >= 4 is 17.4 Å². The average Bonchev–Trinajstić information content (AvgIpc) is 2.41. The van der Waals surface area contributed by atoms with Gasteiger partial charge in [0.15, 0.2) is 0 Å². The normalized spacial score (nSPS) is 17.7. The van der Waals surface area contributed by atoms with Crippen molar-refractivity contribution in [3.8, 4) is 0 Å². The molecule has 1 unspecified atom stereocenters. The van der Waals surface area contributed by atoms with Crippen LogP contribution in [0.2, 0.25) is 0 Å². The highest BCUT2D eigenvalue weighted by molar-refractivity contribution is 5.89. The molecule has 0 radical (unpaired) electrons. The van der Waals surface area contributed by atoms with Crippen molar-refractivity contribution in [1.82, 2.24) is 5.32 Å². The van der Waals surface area contributed by atoms with Gasteiger partial charge in [0.25, 0.3) is 0 Å². The van der Waals surface area contributed by atoms with E-state index in [2.05, 4.69) is 35.8 Å². The molecule has 0 spiro atoms. The minimum absolute atomic E-state index is 0.210. The number of benzene rings is 1. The van der Waals surface area contributed by atoms with Crippen LogP contribution in [0.1, 0.15) is 13.3 Å². The molecule has 4 N–H and O–H groups in total. The van der Waals surface area contributed by atoms with Crippen molar-refractivity contribution in [2.24, 2.45) is 5.92 Å². The number of carbonyl (C=O) groups is 1. The van der Waals surface area contributed by atoms with Gasteiger partial charge >= 0.3 is 6.03 Å². The molecule has 2 amide bonds. The Kier molecular flexibility index (Phi) is 4.23. The van der Waals surface area contributed by atoms with E-state index in [1.165, 1.54) is 0 Å². The van der Waals surface area contributed by atoms with Gasteiger partial charge in [-0.05, 0) is 42.2 Å². The molecule has 1 aliphatic rings. The fourth-order valence-corrected chi connectivity index (χ4v) is 1.83. The Morgan fingerprint density at radius 1 is 1.37 bits per heavy atom. The summed E-state index contributed by atoms with van der Waals surface area (Å²) >= 11 is 0. The van der Waals surface area contributed by atoms with Gasteiger partial charge in [-0.3, -0.25) is 0 Å². The van der Waals surface area contributed by atoms with Gasteiger partial charge < -0.3 is 16.4 Å². The highest BCUT2D eigenvalue weighted by Gasteiger charge is 2.05. The lowest BCUT2D eigenvalue weighted by atomic mass is 9.99. The zero-order valence-corrected chi connectivity index (χ0v) is 11.0. The molecule has 0 saturated carbocycles. The maximum absolute atomic E-state index is 11.7. The fourth-order valence-electron chi connectivity index (χ4n) is 1.83. The molecule has 1 atom stereocenters. The average molecular weight is 257 g/mol. The first kappa shape index (κ1) is 13.2. The van der Waals surface area contributed by atoms with Crippen molar-refractivity contribution in [3.05, 3.63) is 48.1 Å². The van der Waals surface area contributed by atoms with E-state index < -0.39 is 0 Å². The summed E-state index contributed by atoms with van der Waals surface area (Å²) in [5, 5.41) is 5.59. The number of hydrogen-bond acceptors (Lipinski definition) is 2. The maximum Gasteiger partial charge on any atom is 0.319 e. The molecule has 0 aliphatic heterocycles. The van der Waals surface area contributed by atoms with Gasteiger partial charge in [-0.25, -0.2) is 4.79 Å². The van der Waals surface area contributed by atoms with E-state index in [9.17, 15) is 4.79 Å². The van der Waals surface area contributed by atoms with Gasteiger partial charge in [-0.2, -0.15) is 0 Å². The number of amides is 2. The predicted molar refractivity (Wildman–Crippen MR) is 78.9 cm³/mol. The summed E-state index contributed by atoms with van der Waals surface area (Å²) in [6, 6.07) is 6.84. The predicted octanol–water partition coefficient (Wildman–Crippen LogP) is 2.91. The van der Waals surface area contributed by atoms with Crippen LogP contribution in [-0.4, -0.2) is 12.6 Å². The molecule has 0 bridgehead atoms. The first-order valence-electron chi connectivity index (χ1n) is 6.41. The summed E-state index contributed by atoms with van der Waals surface area (Å²) in [5.74, 6) is 0.590. The fraction of sp³-hybridized carbons (Fsp3) is 0.267. The maximum atomic E-state index is 11.7. The summed E-state index contributed by atoms with van der Waals surface area (Å²) in [6.07, 6.45) is 7.42. The highest BCUT2D eigenvalue weighted by Crippen LogP contribution is 2.15. The number of rotatable bonds is 3. The van der Waals surface area contributed by atoms with Crippen LogP contribution in [0, 0.1) is 5.92 Å². The number of nitrogen functional groups attached to an aromatic ring is 1. The van der Waals surface area contributed by atoms with Crippen molar-refractivity contribution < 1.29 is 4.79 Å². The first-order chi connectivity index (χ1) is 9.13. The molecular formula is C15H19N3O. The third kappa shape index (κ3) is 4.17. The van der Waals surface area contributed by atoms with Crippen LogP contribution in [0.15, 0.2) is 48.1 Å². The zero-order valence-electron chi connectivity index (χ0n) is 11.0. The summed E-state index contributed by atoms with van der Waals surface area (Å²) in [5.41, 5.74) is 8.13. The molecule has 1 aromatic rings. The summed E-state index contributed by atoms with van der Waals surface area (Å²) in [7, 11) is 0. The van der Waals surface area contributed by atoms with Crippen LogP contribution in [0.25, 0.3) is 0 Å². The van der Waals surface area contributed by atoms with Gasteiger partial charge in [0.05, 0.1) is 0 Å². The van der Waals surface area contributed by atoms with Crippen LogP contribution in [0.3, 0.4) is 0 Å². The Hall–Kier alpha value is -2.23. The molecule has 0 aromatic heterocycles. The number of nitrogens with one attached hydrogen (secondary N) is 2. The monoisotopic (exact) mass is 257 g/mol. The van der Waals surface area contributed by atoms with Gasteiger partial charge in [0.2, 0.25) is 0 Å². The molecule has 0 fully saturated rings. The SMILES string of the molecule is CC1C=CC(CNC(=O)Nc2ccc(N)cc2)=CC1. The van der Waals surface area contributed by atoms with E-state index >= 15 is 0 Å². The van der Waals surface area contributed by atoms with Gasteiger partial charge in [0, 0.05) is 17.9 Å². The van der Waals surface area contributed by atoms with E-state index in [0.717, 1.165) is 17.7 Å². The largest absolute Gasteiger partial charge is 0.399 e. The lowest BCUT2D eigenvalue weighted by molar-refractivity contribution is 0.253. The second kappa shape index (κ2) is 6.09. The number of anilines is 2. The van der Waals surface area contributed by atoms with Crippen LogP contribution < -0.4 is 16.4 Å². The lowest BCUT2D eigenvalue weighted by Gasteiger charge is -2.13. The quantitative estimate of drug-likeness (QED) is 0.729. The van der Waals surface area contributed by atoms with Crippen LogP contribution in [0.4, 0.5) is 16.2 Å². The second-order valence-corrected chi connectivity index (χ2v) is 4.78. The van der Waals surface area contributed by atoms with Crippen molar-refractivity contribution in [3.63, 3.8) is 0 Å². The Labute approximate surface area is 113 Å². The molecule has 4 heteroatoms. The topological polar surface area (TPSA) is 67.2 Å². The van der Waals surface area contributed by atoms with Gasteiger partial charge in [-0.15, -0.1) is 0 Å². The Morgan fingerprint density at radius 2 is 2.11 bits per heavy atom. The Balaban J connectivity index is 1.79. The molecule has 1 aliphatic carbocycles. The van der Waals surface area contributed by atoms with E-state index in [1.807, 2.05) is 0 Å². The molecule has 100 valence electrons. The van der Waals surface area contributed by atoms with Gasteiger partial charge in [-0.1, -0.05) is 25.2 Å². The number of nitrogens with two attached hydrogens (primary N) is 1. The Bertz CT molecular complexity index is 503. The number of allylic oxidation sites excluding steroid dienone is 2. The molecule has 2 rings (SSSR count). The summed E-state index contributed by atoms with van der Waals surface area (Å²) < 4.78 is 0. The van der Waals surface area contributed by atoms with Crippen LogP contribution in [0.5, 0.6) is 0 Å². The first-order valence-corrected chi connectivity index (χ1v) is 6.41. The highest BCUT2D eigenvalue weighted by atomic mass is 16.2. The molecule has 4 nitrogen and oxygen atoms in total. The van der Waals surface area contributed by atoms with Crippen molar-refractivity contribution in [2.45, 2.75) is 13.3 Å². The van der Waals surface area contributed by atoms with Crippen LogP contribution in [-0.2, 0) is 0 Å². The van der Waals surface area contributed by atoms with E-state index in [-0.39, 0.29) is 6.03 Å². The van der Waals surface area contributed by atoms with Gasteiger partial charge in [0.1, 0.15) is 0 Å². The van der Waals surface area contributed by atoms with Crippen molar-refractivity contribution in [2.75, 3.05) is 17.6 Å². The molecule has 19 heavy (non-hydrogen) atoms. The summed E-state index contributed by atoms with van der Waals surface area (Å²) in [6.45, 7) is 2.72. The van der Waals surface area contributed by atoms with Crippen molar-refractivity contribution in [1.29, 1.82) is 0 Å². The minimum atomic E-state index is -0.210. The molecular weight excluding hydrogens is 238 g/mol. The number of hydrogen-bond donors (Lipinski definition) is 3. The summed E-state index contributed by atoms with van der Waals surface area (Å²) in [4.78, 5) is 11.7. The van der Waals surface area contributed by atoms with E-state index in [4.69, 9.17) is 5.73 Å².